The molecule has 8 nitrogen and oxygen atoms in total. The highest BCUT2D eigenvalue weighted by Gasteiger charge is 2.30. The van der Waals surface area contributed by atoms with Crippen molar-refractivity contribution in [2.45, 2.75) is 51.7 Å². The number of aliphatic carboxylic acids is 1. The molecule has 0 aliphatic heterocycles. The van der Waals surface area contributed by atoms with Crippen molar-refractivity contribution in [2.24, 2.45) is 5.92 Å². The fourth-order valence-corrected chi connectivity index (χ4v) is 3.91. The molecule has 0 saturated carbocycles. The normalized spacial score (nSPS) is 13.1. The Bertz CT molecular complexity index is 1270. The standard InChI is InChI=1S/C27H29F3N4O4/c1-16(25(37)38)12-22(24(36)33-27(2,3)13-17-4-10-21(28)11-5-17)32-23(35)19-8-6-18(7-9-19)20-14-31-34(15-20)26(29)30/h4-11,14-16,22,26H,12-13H2,1-3H3,(H,32,35)(H,33,36)(H,37,38)/t16?,22-/m0/s1. The van der Waals surface area contributed by atoms with Gasteiger partial charge in [-0.3, -0.25) is 14.4 Å². The first-order valence-corrected chi connectivity index (χ1v) is 11.9. The van der Waals surface area contributed by atoms with E-state index in [0.717, 1.165) is 5.56 Å². The maximum Gasteiger partial charge on any atom is 0.333 e. The van der Waals surface area contributed by atoms with Gasteiger partial charge in [-0.2, -0.15) is 13.9 Å². The fourth-order valence-electron chi connectivity index (χ4n) is 3.91. The molecule has 2 amide bonds. The van der Waals surface area contributed by atoms with Crippen LogP contribution in [0.2, 0.25) is 0 Å². The van der Waals surface area contributed by atoms with Gasteiger partial charge in [0, 0.05) is 22.9 Å². The van der Waals surface area contributed by atoms with Crippen molar-refractivity contribution in [3.63, 3.8) is 0 Å². The first-order chi connectivity index (χ1) is 17.8. The number of rotatable bonds is 11. The molecule has 3 N–H and O–H groups in total. The minimum Gasteiger partial charge on any atom is -0.481 e. The molecule has 11 heteroatoms. The van der Waals surface area contributed by atoms with Crippen LogP contribution < -0.4 is 10.6 Å². The number of carboxylic acid groups (broad SMARTS) is 1. The lowest BCUT2D eigenvalue weighted by Crippen LogP contribution is -2.54. The predicted octanol–water partition coefficient (Wildman–Crippen LogP) is 4.43. The van der Waals surface area contributed by atoms with Crippen molar-refractivity contribution in [3.8, 4) is 11.1 Å². The minimum atomic E-state index is -2.77. The van der Waals surface area contributed by atoms with E-state index in [4.69, 9.17) is 0 Å². The van der Waals surface area contributed by atoms with Gasteiger partial charge in [0.05, 0.1) is 12.1 Å². The topological polar surface area (TPSA) is 113 Å². The van der Waals surface area contributed by atoms with Crippen molar-refractivity contribution in [2.75, 3.05) is 0 Å². The monoisotopic (exact) mass is 530 g/mol. The number of benzene rings is 2. The van der Waals surface area contributed by atoms with Crippen LogP contribution in [0.25, 0.3) is 11.1 Å². The summed E-state index contributed by atoms with van der Waals surface area (Å²) < 4.78 is 39.3. The molecular formula is C27H29F3N4O4. The average Bonchev–Trinajstić information content (AvgIpc) is 3.35. The highest BCUT2D eigenvalue weighted by Crippen LogP contribution is 2.22. The number of amides is 2. The summed E-state index contributed by atoms with van der Waals surface area (Å²) in [6.45, 7) is 2.20. The summed E-state index contributed by atoms with van der Waals surface area (Å²) in [5, 5.41) is 18.4. The molecule has 38 heavy (non-hydrogen) atoms. The van der Waals surface area contributed by atoms with Gasteiger partial charge < -0.3 is 15.7 Å². The Balaban J connectivity index is 1.72. The number of carbonyl (C=O) groups excluding carboxylic acids is 2. The van der Waals surface area contributed by atoms with Gasteiger partial charge in [-0.05, 0) is 62.1 Å². The summed E-state index contributed by atoms with van der Waals surface area (Å²) in [7, 11) is 0. The maximum absolute atomic E-state index is 13.2. The Morgan fingerprint density at radius 1 is 1.03 bits per heavy atom. The summed E-state index contributed by atoms with van der Waals surface area (Å²) >= 11 is 0. The van der Waals surface area contributed by atoms with Crippen LogP contribution in [0.15, 0.2) is 60.9 Å². The smallest absolute Gasteiger partial charge is 0.333 e. The van der Waals surface area contributed by atoms with E-state index in [9.17, 15) is 32.7 Å². The number of nitrogens with one attached hydrogen (secondary N) is 2. The third kappa shape index (κ3) is 7.67. The number of alkyl halides is 2. The number of hydrogen-bond acceptors (Lipinski definition) is 4. The Hall–Kier alpha value is -4.15. The number of aromatic nitrogens is 2. The van der Waals surface area contributed by atoms with Gasteiger partial charge in [0.2, 0.25) is 5.91 Å². The largest absolute Gasteiger partial charge is 0.481 e. The molecule has 0 bridgehead atoms. The Kier molecular flexibility index (Phi) is 8.92. The van der Waals surface area contributed by atoms with Crippen LogP contribution in [0.4, 0.5) is 13.2 Å². The quantitative estimate of drug-likeness (QED) is 0.340. The zero-order chi connectivity index (χ0) is 28.0. The van der Waals surface area contributed by atoms with Crippen molar-refractivity contribution < 1.29 is 32.7 Å². The summed E-state index contributed by atoms with van der Waals surface area (Å²) in [5.41, 5.74) is 1.20. The molecule has 2 atom stereocenters. The zero-order valence-corrected chi connectivity index (χ0v) is 21.1. The van der Waals surface area contributed by atoms with Crippen molar-refractivity contribution in [1.82, 2.24) is 20.4 Å². The number of hydrogen-bond donors (Lipinski definition) is 3. The average molecular weight is 531 g/mol. The van der Waals surface area contributed by atoms with Crippen molar-refractivity contribution >= 4 is 17.8 Å². The van der Waals surface area contributed by atoms with E-state index in [-0.39, 0.29) is 17.8 Å². The maximum atomic E-state index is 13.2. The molecule has 0 fully saturated rings. The Labute approximate surface area is 217 Å². The lowest BCUT2D eigenvalue weighted by molar-refractivity contribution is -0.141. The van der Waals surface area contributed by atoms with Crippen molar-refractivity contribution in [1.29, 1.82) is 0 Å². The van der Waals surface area contributed by atoms with Gasteiger partial charge in [0.1, 0.15) is 11.9 Å². The van der Waals surface area contributed by atoms with Crippen LogP contribution in [0, 0.1) is 11.7 Å². The van der Waals surface area contributed by atoms with Crippen LogP contribution in [0.5, 0.6) is 0 Å². The van der Waals surface area contributed by atoms with E-state index in [1.807, 2.05) is 0 Å². The second kappa shape index (κ2) is 11.9. The molecule has 0 aliphatic rings. The molecule has 202 valence electrons. The SMILES string of the molecule is CC(C[C@H](NC(=O)c1ccc(-c2cnn(C(F)F)c2)cc1)C(=O)NC(C)(C)Cc1ccc(F)cc1)C(=O)O. The number of halogens is 3. The van der Waals surface area contributed by atoms with Crippen LogP contribution >= 0.6 is 0 Å². The van der Waals surface area contributed by atoms with E-state index < -0.39 is 41.8 Å². The van der Waals surface area contributed by atoms with E-state index >= 15 is 0 Å². The fraction of sp³-hybridized carbons (Fsp3) is 0.333. The van der Waals surface area contributed by atoms with Crippen molar-refractivity contribution in [3.05, 3.63) is 77.9 Å². The summed E-state index contributed by atoms with van der Waals surface area (Å²) in [6, 6.07) is 10.8. The molecule has 1 aromatic heterocycles. The predicted molar refractivity (Wildman–Crippen MR) is 134 cm³/mol. The van der Waals surface area contributed by atoms with Gasteiger partial charge in [-0.1, -0.05) is 31.2 Å². The highest BCUT2D eigenvalue weighted by molar-refractivity contribution is 5.98. The molecule has 1 unspecified atom stereocenters. The second-order valence-electron chi connectivity index (χ2n) is 9.74. The highest BCUT2D eigenvalue weighted by atomic mass is 19.3. The Morgan fingerprint density at radius 3 is 2.21 bits per heavy atom. The Morgan fingerprint density at radius 2 is 1.66 bits per heavy atom. The third-order valence-electron chi connectivity index (χ3n) is 5.94. The lowest BCUT2D eigenvalue weighted by Gasteiger charge is -2.30. The third-order valence-corrected chi connectivity index (χ3v) is 5.94. The van der Waals surface area contributed by atoms with E-state index in [1.165, 1.54) is 43.6 Å². The zero-order valence-electron chi connectivity index (χ0n) is 21.1. The van der Waals surface area contributed by atoms with Gasteiger partial charge >= 0.3 is 12.5 Å². The van der Waals surface area contributed by atoms with Crippen LogP contribution in [0.1, 0.15) is 49.7 Å². The van der Waals surface area contributed by atoms with Gasteiger partial charge in [0.25, 0.3) is 5.91 Å². The van der Waals surface area contributed by atoms with Gasteiger partial charge in [-0.25, -0.2) is 9.07 Å². The molecule has 3 rings (SSSR count). The molecular weight excluding hydrogens is 501 g/mol. The molecule has 3 aromatic rings. The summed E-state index contributed by atoms with van der Waals surface area (Å²) in [6.07, 6.45) is 2.69. The molecule has 0 radical (unpaired) electrons. The van der Waals surface area contributed by atoms with Crippen LogP contribution in [-0.2, 0) is 16.0 Å². The minimum absolute atomic E-state index is 0.148. The first-order valence-electron chi connectivity index (χ1n) is 11.9. The number of carboxylic acids is 1. The molecule has 0 saturated heterocycles. The van der Waals surface area contributed by atoms with E-state index in [0.29, 0.717) is 22.2 Å². The van der Waals surface area contributed by atoms with Crippen LogP contribution in [0.3, 0.4) is 0 Å². The van der Waals surface area contributed by atoms with Crippen LogP contribution in [-0.4, -0.2) is 44.3 Å². The van der Waals surface area contributed by atoms with Gasteiger partial charge in [-0.15, -0.1) is 0 Å². The molecule has 0 aliphatic carbocycles. The van der Waals surface area contributed by atoms with E-state index in [1.54, 1.807) is 38.1 Å². The number of carbonyl (C=O) groups is 3. The van der Waals surface area contributed by atoms with E-state index in [2.05, 4.69) is 15.7 Å². The molecule has 1 heterocycles. The first kappa shape index (κ1) is 28.4. The van der Waals surface area contributed by atoms with Gasteiger partial charge in [0.15, 0.2) is 0 Å². The summed E-state index contributed by atoms with van der Waals surface area (Å²) in [4.78, 5) is 37.6. The molecule has 2 aromatic carbocycles. The number of nitrogens with zero attached hydrogens (tertiary/aromatic N) is 2. The second-order valence-corrected chi connectivity index (χ2v) is 9.74. The lowest BCUT2D eigenvalue weighted by atomic mass is 9.93. The summed E-state index contributed by atoms with van der Waals surface area (Å²) in [5.74, 6) is -3.57. The molecule has 0 spiro atoms.